The van der Waals surface area contributed by atoms with Crippen molar-refractivity contribution in [2.75, 3.05) is 6.54 Å². The third-order valence-electron chi connectivity index (χ3n) is 2.21. The number of amides is 1. The number of nitrogens with one attached hydrogen (secondary N) is 1. The van der Waals surface area contributed by atoms with Crippen LogP contribution in [0.1, 0.15) is 30.9 Å². The minimum Gasteiger partial charge on any atom is -0.356 e. The third kappa shape index (κ3) is 4.76. The van der Waals surface area contributed by atoms with E-state index in [-0.39, 0.29) is 11.5 Å². The van der Waals surface area contributed by atoms with E-state index in [0.29, 0.717) is 18.5 Å². The lowest BCUT2D eigenvalue weighted by Gasteiger charge is -2.04. The molecule has 0 aliphatic rings. The molecule has 1 aromatic carbocycles. The summed E-state index contributed by atoms with van der Waals surface area (Å²) in [6.45, 7) is 1.96. The number of benzene rings is 1. The zero-order valence-electron chi connectivity index (χ0n) is 9.62. The van der Waals surface area contributed by atoms with Crippen molar-refractivity contribution in [1.82, 2.24) is 5.32 Å². The van der Waals surface area contributed by atoms with Crippen molar-refractivity contribution in [3.63, 3.8) is 0 Å². The van der Waals surface area contributed by atoms with E-state index in [0.717, 1.165) is 0 Å². The summed E-state index contributed by atoms with van der Waals surface area (Å²) in [6.07, 6.45) is 1.59. The fourth-order valence-corrected chi connectivity index (χ4v) is 1.40. The van der Waals surface area contributed by atoms with Crippen molar-refractivity contribution in [2.24, 2.45) is 0 Å². The highest BCUT2D eigenvalue weighted by Crippen LogP contribution is 2.23. The second kappa shape index (κ2) is 6.78. The van der Waals surface area contributed by atoms with Crippen LogP contribution in [0.25, 0.3) is 6.08 Å². The van der Waals surface area contributed by atoms with Crippen LogP contribution in [-0.4, -0.2) is 12.5 Å². The van der Waals surface area contributed by atoms with Crippen molar-refractivity contribution >= 4 is 12.0 Å². The van der Waals surface area contributed by atoms with E-state index in [2.05, 4.69) is 5.32 Å². The summed E-state index contributed by atoms with van der Waals surface area (Å²) in [6, 6.07) is 6.38. The lowest BCUT2D eigenvalue weighted by Crippen LogP contribution is -2.20. The van der Waals surface area contributed by atoms with E-state index in [1.807, 2.05) is 0 Å². The topological polar surface area (TPSA) is 29.1 Å². The van der Waals surface area contributed by atoms with Gasteiger partial charge in [-0.15, -0.1) is 0 Å². The molecule has 0 spiro atoms. The monoisotopic (exact) mass is 239 g/mol. The Balaban J connectivity index is 2.56. The Morgan fingerprint density at radius 2 is 2.12 bits per heavy atom. The summed E-state index contributed by atoms with van der Waals surface area (Å²) >= 11 is 0. The first-order valence-corrected chi connectivity index (χ1v) is 5.39. The summed E-state index contributed by atoms with van der Waals surface area (Å²) in [4.78, 5) is 10.6. The number of hydrogen-bond donors (Lipinski definition) is 1. The second-order valence-electron chi connectivity index (χ2n) is 3.60. The summed E-state index contributed by atoms with van der Waals surface area (Å²) in [5, 5.41) is 2.63. The standard InChI is InChI=1S/C13H15F2NO/c1-10(17)16-9-5-4-7-11-6-2-3-8-12(11)13(14)15/h2-4,6-8,13H,5,9H2,1H3,(H,16,17). The molecule has 92 valence electrons. The van der Waals surface area contributed by atoms with Crippen LogP contribution in [0.4, 0.5) is 8.78 Å². The van der Waals surface area contributed by atoms with Gasteiger partial charge in [-0.3, -0.25) is 4.79 Å². The van der Waals surface area contributed by atoms with Crippen LogP contribution in [0, 0.1) is 0 Å². The normalized spacial score (nSPS) is 11.1. The number of carbonyl (C=O) groups is 1. The first-order chi connectivity index (χ1) is 8.11. The van der Waals surface area contributed by atoms with Gasteiger partial charge in [0.25, 0.3) is 6.43 Å². The van der Waals surface area contributed by atoms with E-state index in [1.165, 1.54) is 13.0 Å². The van der Waals surface area contributed by atoms with E-state index in [4.69, 9.17) is 0 Å². The Kier molecular flexibility index (Phi) is 5.33. The molecule has 0 atom stereocenters. The molecule has 2 nitrogen and oxygen atoms in total. The molecular formula is C13H15F2NO. The van der Waals surface area contributed by atoms with Crippen LogP contribution in [0.2, 0.25) is 0 Å². The summed E-state index contributed by atoms with van der Waals surface area (Å²) in [5.74, 6) is -0.0913. The van der Waals surface area contributed by atoms with E-state index < -0.39 is 6.43 Å². The zero-order valence-corrected chi connectivity index (χ0v) is 9.62. The van der Waals surface area contributed by atoms with Crippen LogP contribution in [0.5, 0.6) is 0 Å². The maximum atomic E-state index is 12.6. The predicted molar refractivity (Wildman–Crippen MR) is 63.7 cm³/mol. The Morgan fingerprint density at radius 3 is 2.76 bits per heavy atom. The molecule has 0 heterocycles. The highest BCUT2D eigenvalue weighted by Gasteiger charge is 2.09. The molecule has 0 unspecified atom stereocenters. The van der Waals surface area contributed by atoms with Crippen LogP contribution in [0.15, 0.2) is 30.3 Å². The smallest absolute Gasteiger partial charge is 0.264 e. The molecule has 0 aromatic heterocycles. The van der Waals surface area contributed by atoms with E-state index in [1.54, 1.807) is 30.4 Å². The lowest BCUT2D eigenvalue weighted by atomic mass is 10.1. The Bertz CT molecular complexity index is 402. The van der Waals surface area contributed by atoms with Crippen LogP contribution in [0.3, 0.4) is 0 Å². The average molecular weight is 239 g/mol. The molecule has 1 amide bonds. The maximum absolute atomic E-state index is 12.6. The van der Waals surface area contributed by atoms with Gasteiger partial charge in [0.15, 0.2) is 0 Å². The van der Waals surface area contributed by atoms with Gasteiger partial charge >= 0.3 is 0 Å². The minimum atomic E-state index is -2.47. The van der Waals surface area contributed by atoms with Gasteiger partial charge in [-0.25, -0.2) is 8.78 Å². The molecule has 1 N–H and O–H groups in total. The van der Waals surface area contributed by atoms with Crippen molar-refractivity contribution < 1.29 is 13.6 Å². The molecule has 4 heteroatoms. The first-order valence-electron chi connectivity index (χ1n) is 5.39. The molecule has 0 aliphatic heterocycles. The number of carbonyl (C=O) groups excluding carboxylic acids is 1. The Hall–Kier alpha value is -1.71. The molecule has 0 bridgehead atoms. The van der Waals surface area contributed by atoms with Crippen molar-refractivity contribution in [3.8, 4) is 0 Å². The van der Waals surface area contributed by atoms with Crippen LogP contribution >= 0.6 is 0 Å². The fraction of sp³-hybridized carbons (Fsp3) is 0.308. The minimum absolute atomic E-state index is 0.0308. The molecule has 0 saturated carbocycles. The summed E-state index contributed by atoms with van der Waals surface area (Å²) in [5.41, 5.74) is 0.550. The summed E-state index contributed by atoms with van der Waals surface area (Å²) < 4.78 is 25.2. The van der Waals surface area contributed by atoms with Crippen molar-refractivity contribution in [2.45, 2.75) is 19.8 Å². The maximum Gasteiger partial charge on any atom is 0.264 e. The van der Waals surface area contributed by atoms with Gasteiger partial charge in [0.2, 0.25) is 5.91 Å². The number of hydrogen-bond acceptors (Lipinski definition) is 1. The molecule has 0 aliphatic carbocycles. The second-order valence-corrected chi connectivity index (χ2v) is 3.60. The molecule has 1 rings (SSSR count). The van der Waals surface area contributed by atoms with Gasteiger partial charge < -0.3 is 5.32 Å². The molecule has 1 aromatic rings. The van der Waals surface area contributed by atoms with Gasteiger partial charge in [-0.2, -0.15) is 0 Å². The first kappa shape index (κ1) is 13.4. The Morgan fingerprint density at radius 1 is 1.41 bits per heavy atom. The predicted octanol–water partition coefficient (Wildman–Crippen LogP) is 3.16. The molecule has 0 saturated heterocycles. The average Bonchev–Trinajstić information content (AvgIpc) is 2.28. The third-order valence-corrected chi connectivity index (χ3v) is 2.21. The molecular weight excluding hydrogens is 224 g/mol. The number of rotatable bonds is 5. The van der Waals surface area contributed by atoms with E-state index in [9.17, 15) is 13.6 Å². The highest BCUT2D eigenvalue weighted by atomic mass is 19.3. The van der Waals surface area contributed by atoms with Crippen molar-refractivity contribution in [3.05, 3.63) is 41.5 Å². The van der Waals surface area contributed by atoms with Gasteiger partial charge in [0.05, 0.1) is 0 Å². The molecule has 0 fully saturated rings. The number of halogens is 2. The van der Waals surface area contributed by atoms with Gasteiger partial charge in [-0.1, -0.05) is 36.4 Å². The van der Waals surface area contributed by atoms with Gasteiger partial charge in [-0.05, 0) is 12.0 Å². The van der Waals surface area contributed by atoms with Gasteiger partial charge in [0, 0.05) is 19.0 Å². The highest BCUT2D eigenvalue weighted by molar-refractivity contribution is 5.72. The van der Waals surface area contributed by atoms with Crippen molar-refractivity contribution in [1.29, 1.82) is 0 Å². The van der Waals surface area contributed by atoms with Crippen LogP contribution in [-0.2, 0) is 4.79 Å². The zero-order chi connectivity index (χ0) is 12.7. The van der Waals surface area contributed by atoms with Crippen LogP contribution < -0.4 is 5.32 Å². The number of alkyl halides is 2. The molecule has 0 radical (unpaired) electrons. The van der Waals surface area contributed by atoms with Gasteiger partial charge in [0.1, 0.15) is 0 Å². The van der Waals surface area contributed by atoms with E-state index >= 15 is 0 Å². The molecule has 17 heavy (non-hydrogen) atoms. The summed E-state index contributed by atoms with van der Waals surface area (Å²) in [7, 11) is 0. The fourth-order valence-electron chi connectivity index (χ4n) is 1.40. The quantitative estimate of drug-likeness (QED) is 0.786. The Labute approximate surface area is 99.3 Å². The SMILES string of the molecule is CC(=O)NCCC=Cc1ccccc1C(F)F. The lowest BCUT2D eigenvalue weighted by molar-refractivity contribution is -0.118. The largest absolute Gasteiger partial charge is 0.356 e.